The summed E-state index contributed by atoms with van der Waals surface area (Å²) in [6.45, 7) is 21.7. The number of amides is 2. The predicted molar refractivity (Wildman–Crippen MR) is 257 cm³/mol. The molecule has 0 spiro atoms. The Balaban J connectivity index is 1.35. The zero-order valence-corrected chi connectivity index (χ0v) is 41.0. The van der Waals surface area contributed by atoms with Crippen LogP contribution in [0.2, 0.25) is 0 Å². The zero-order valence-electron chi connectivity index (χ0n) is 41.0. The number of piperazine rings is 1. The van der Waals surface area contributed by atoms with Crippen molar-refractivity contribution in [3.63, 3.8) is 0 Å². The lowest BCUT2D eigenvalue weighted by atomic mass is 9.84. The minimum absolute atomic E-state index is 0.166. The number of benzene rings is 2. The molecule has 1 N–H and O–H groups in total. The third-order valence-electron chi connectivity index (χ3n) is 12.1. The van der Waals surface area contributed by atoms with Crippen LogP contribution in [0.25, 0.3) is 22.2 Å². The van der Waals surface area contributed by atoms with E-state index in [2.05, 4.69) is 64.7 Å². The van der Waals surface area contributed by atoms with Gasteiger partial charge in [-0.3, -0.25) is 9.78 Å². The minimum Gasteiger partial charge on any atom is -0.465 e. The van der Waals surface area contributed by atoms with E-state index in [0.29, 0.717) is 58.8 Å². The molecule has 2 aromatic heterocycles. The highest BCUT2D eigenvalue weighted by Crippen LogP contribution is 2.43. The third-order valence-corrected chi connectivity index (χ3v) is 12.1. The molecule has 364 valence electrons. The second kappa shape index (κ2) is 22.3. The summed E-state index contributed by atoms with van der Waals surface area (Å²) in [7, 11) is 1.68. The topological polar surface area (TPSA) is 163 Å². The SMILES string of the molecule is CCOC(=O)[C@H](C[C@H]1CN(c2ccc3c(c2)c(CC(C)(C)COC(C)=O)c(-c2cc(N4CCN(C(=O)OCc5ccccc5)CC4)cnc2[C@H](C)OC)n3CC)CCO1)NC(=O)OC(C)(C)C. The standard InChI is InChI=1S/C51H70N6O10/c1-11-57-44-19-18-37(56-24-25-64-39(31-56)28-43(47(59)63-12-2)53-48(60)67-50(5,6)7)26-40(44)42(29-51(8,9)33-66-35(4)58)46(57)41-27-38(30-52-45(41)34(3)62-10)54-20-22-55(23-21-54)49(61)65-32-36-16-14-13-15-17-36/h13-19,26-27,30,34,39,43H,11-12,20-25,28-29,31-33H2,1-10H3,(H,53,60)/t34-,39-,43-/m0/s1. The number of ether oxygens (including phenoxy) is 6. The first-order valence-corrected chi connectivity index (χ1v) is 23.4. The monoisotopic (exact) mass is 927 g/mol. The fourth-order valence-corrected chi connectivity index (χ4v) is 8.74. The Labute approximate surface area is 395 Å². The second-order valence-corrected chi connectivity index (χ2v) is 19.0. The Morgan fingerprint density at radius 3 is 2.28 bits per heavy atom. The molecule has 6 rings (SSSR count). The van der Waals surface area contributed by atoms with E-state index in [9.17, 15) is 19.2 Å². The number of pyridine rings is 1. The van der Waals surface area contributed by atoms with Gasteiger partial charge in [-0.15, -0.1) is 0 Å². The molecule has 2 saturated heterocycles. The highest BCUT2D eigenvalue weighted by atomic mass is 16.6. The molecule has 16 heteroatoms. The molecule has 4 heterocycles. The Bertz CT molecular complexity index is 2340. The normalized spacial score (nSPS) is 16.6. The van der Waals surface area contributed by atoms with Crippen LogP contribution in [0.3, 0.4) is 0 Å². The lowest BCUT2D eigenvalue weighted by Gasteiger charge is -2.36. The molecule has 0 aliphatic carbocycles. The lowest BCUT2D eigenvalue weighted by molar-refractivity contribution is -0.147. The first-order chi connectivity index (χ1) is 31.9. The van der Waals surface area contributed by atoms with Crippen LogP contribution in [0.15, 0.2) is 60.8 Å². The Kier molecular flexibility index (Phi) is 16.8. The number of esters is 2. The lowest BCUT2D eigenvalue weighted by Crippen LogP contribution is -2.50. The van der Waals surface area contributed by atoms with Crippen molar-refractivity contribution in [2.75, 3.05) is 76.0 Å². The van der Waals surface area contributed by atoms with Gasteiger partial charge in [0.15, 0.2) is 0 Å². The Hall–Kier alpha value is -5.87. The number of nitrogens with one attached hydrogen (secondary N) is 1. The molecule has 0 saturated carbocycles. The number of methoxy groups -OCH3 is 1. The fraction of sp³-hybridized carbons (Fsp3) is 0.549. The van der Waals surface area contributed by atoms with Crippen molar-refractivity contribution in [3.05, 3.63) is 77.6 Å². The molecule has 16 nitrogen and oxygen atoms in total. The Morgan fingerprint density at radius 1 is 0.896 bits per heavy atom. The molecular weight excluding hydrogens is 857 g/mol. The number of aryl methyl sites for hydroxylation is 1. The van der Waals surface area contributed by atoms with E-state index in [-0.39, 0.29) is 44.4 Å². The second-order valence-electron chi connectivity index (χ2n) is 19.0. The minimum atomic E-state index is -0.965. The molecule has 2 aliphatic rings. The summed E-state index contributed by atoms with van der Waals surface area (Å²) in [6, 6.07) is 17.4. The molecule has 67 heavy (non-hydrogen) atoms. The van der Waals surface area contributed by atoms with E-state index in [4.69, 9.17) is 33.4 Å². The van der Waals surface area contributed by atoms with Gasteiger partial charge in [0.1, 0.15) is 18.2 Å². The van der Waals surface area contributed by atoms with Crippen molar-refractivity contribution < 1.29 is 47.6 Å². The highest BCUT2D eigenvalue weighted by Gasteiger charge is 2.34. The van der Waals surface area contributed by atoms with Crippen LogP contribution in [-0.2, 0) is 57.6 Å². The number of nitrogens with zero attached hydrogens (tertiary/aromatic N) is 5. The number of morpholine rings is 1. The van der Waals surface area contributed by atoms with E-state index in [1.54, 1.807) is 39.7 Å². The fourth-order valence-electron chi connectivity index (χ4n) is 8.74. The maximum absolute atomic E-state index is 13.1. The molecule has 2 amide bonds. The van der Waals surface area contributed by atoms with Gasteiger partial charge in [0.05, 0.1) is 55.3 Å². The molecule has 0 unspecified atom stereocenters. The molecule has 3 atom stereocenters. The van der Waals surface area contributed by atoms with Gasteiger partial charge in [-0.05, 0) is 83.4 Å². The van der Waals surface area contributed by atoms with Crippen molar-refractivity contribution in [2.24, 2.45) is 5.41 Å². The van der Waals surface area contributed by atoms with Crippen LogP contribution in [0.5, 0.6) is 0 Å². The highest BCUT2D eigenvalue weighted by molar-refractivity contribution is 5.95. The zero-order chi connectivity index (χ0) is 48.5. The number of rotatable bonds is 17. The first-order valence-electron chi connectivity index (χ1n) is 23.4. The van der Waals surface area contributed by atoms with Crippen molar-refractivity contribution in [1.29, 1.82) is 0 Å². The van der Waals surface area contributed by atoms with Gasteiger partial charge >= 0.3 is 24.1 Å². The van der Waals surface area contributed by atoms with Gasteiger partial charge in [-0.25, -0.2) is 14.4 Å². The van der Waals surface area contributed by atoms with Gasteiger partial charge in [0, 0.05) is 93.8 Å². The summed E-state index contributed by atoms with van der Waals surface area (Å²) in [5.74, 6) is -0.884. The van der Waals surface area contributed by atoms with Crippen LogP contribution >= 0.6 is 0 Å². The average Bonchev–Trinajstić information content (AvgIpc) is 3.60. The van der Waals surface area contributed by atoms with E-state index in [0.717, 1.165) is 50.4 Å². The number of alkyl carbamates (subject to hydrolysis) is 1. The van der Waals surface area contributed by atoms with Crippen LogP contribution in [-0.4, -0.2) is 123 Å². The molecule has 2 fully saturated rings. The van der Waals surface area contributed by atoms with Crippen molar-refractivity contribution in [3.8, 4) is 11.3 Å². The molecule has 4 aromatic rings. The number of aromatic nitrogens is 2. The quantitative estimate of drug-likeness (QED) is 0.0800. The summed E-state index contributed by atoms with van der Waals surface area (Å²) >= 11 is 0. The van der Waals surface area contributed by atoms with Crippen LogP contribution in [0.4, 0.5) is 21.0 Å². The maximum atomic E-state index is 13.1. The van der Waals surface area contributed by atoms with Gasteiger partial charge < -0.3 is 53.0 Å². The van der Waals surface area contributed by atoms with E-state index >= 15 is 0 Å². The molecular formula is C51H70N6O10. The average molecular weight is 927 g/mol. The number of anilines is 2. The van der Waals surface area contributed by atoms with Gasteiger partial charge in [0.25, 0.3) is 0 Å². The summed E-state index contributed by atoms with van der Waals surface area (Å²) in [5.41, 5.74) is 6.50. The molecule has 0 radical (unpaired) electrons. The van der Waals surface area contributed by atoms with Gasteiger partial charge in [0.2, 0.25) is 0 Å². The number of carbonyl (C=O) groups is 4. The van der Waals surface area contributed by atoms with Crippen LogP contribution in [0.1, 0.15) is 91.7 Å². The van der Waals surface area contributed by atoms with E-state index in [1.165, 1.54) is 6.92 Å². The van der Waals surface area contributed by atoms with E-state index in [1.807, 2.05) is 43.5 Å². The van der Waals surface area contributed by atoms with Crippen LogP contribution < -0.4 is 15.1 Å². The van der Waals surface area contributed by atoms with Crippen LogP contribution in [0, 0.1) is 5.41 Å². The van der Waals surface area contributed by atoms with Gasteiger partial charge in [-0.1, -0.05) is 44.2 Å². The molecule has 2 aromatic carbocycles. The van der Waals surface area contributed by atoms with Crippen molar-refractivity contribution >= 4 is 46.4 Å². The summed E-state index contributed by atoms with van der Waals surface area (Å²) < 4.78 is 36.6. The molecule has 2 aliphatic heterocycles. The number of hydrogen-bond donors (Lipinski definition) is 1. The number of fused-ring (bicyclic) bond motifs is 1. The summed E-state index contributed by atoms with van der Waals surface area (Å²) in [4.78, 5) is 62.5. The van der Waals surface area contributed by atoms with Crippen molar-refractivity contribution in [2.45, 2.75) is 112 Å². The first kappa shape index (κ1) is 50.5. The van der Waals surface area contributed by atoms with Gasteiger partial charge in [-0.2, -0.15) is 0 Å². The maximum Gasteiger partial charge on any atom is 0.410 e. The largest absolute Gasteiger partial charge is 0.465 e. The molecule has 0 bridgehead atoms. The number of carbonyl (C=O) groups excluding carboxylic acids is 4. The third kappa shape index (κ3) is 13.2. The summed E-state index contributed by atoms with van der Waals surface area (Å²) in [5, 5.41) is 3.76. The number of hydrogen-bond acceptors (Lipinski definition) is 13. The summed E-state index contributed by atoms with van der Waals surface area (Å²) in [6.07, 6.45) is 0.884. The Morgan fingerprint density at radius 2 is 1.63 bits per heavy atom. The predicted octanol–water partition coefficient (Wildman–Crippen LogP) is 8.07. The smallest absolute Gasteiger partial charge is 0.410 e. The van der Waals surface area contributed by atoms with E-state index < -0.39 is 35.2 Å². The van der Waals surface area contributed by atoms with Crippen molar-refractivity contribution in [1.82, 2.24) is 19.8 Å².